The van der Waals surface area contributed by atoms with E-state index in [-0.39, 0.29) is 5.75 Å². The first-order valence-electron chi connectivity index (χ1n) is 4.82. The smallest absolute Gasteiger partial charge is 0.128 e. The summed E-state index contributed by atoms with van der Waals surface area (Å²) in [6, 6.07) is 3.48. The number of ether oxygens (including phenoxy) is 1. The normalized spacial score (nSPS) is 10.6. The van der Waals surface area contributed by atoms with Crippen molar-refractivity contribution in [1.82, 2.24) is 5.43 Å². The van der Waals surface area contributed by atoms with E-state index in [0.29, 0.717) is 5.75 Å². The van der Waals surface area contributed by atoms with Crippen LogP contribution in [0, 0.1) is 0 Å². The lowest BCUT2D eigenvalue weighted by Gasteiger charge is -2.08. The number of aryl methyl sites for hydroxylation is 1. The van der Waals surface area contributed by atoms with Gasteiger partial charge in [-0.3, -0.25) is 0 Å². The first kappa shape index (κ1) is 11.4. The van der Waals surface area contributed by atoms with Crippen molar-refractivity contribution in [3.8, 4) is 11.5 Å². The molecule has 2 N–H and O–H groups in total. The lowest BCUT2D eigenvalue weighted by Crippen LogP contribution is -1.99. The molecule has 1 aromatic rings. The number of phenolic OH excluding ortho intramolecular Hbond substituents is 1. The summed E-state index contributed by atoms with van der Waals surface area (Å²) in [4.78, 5) is 0. The summed E-state index contributed by atoms with van der Waals surface area (Å²) in [5.74, 6) is 0.844. The molecule has 0 saturated carbocycles. The predicted molar refractivity (Wildman–Crippen MR) is 60.7 cm³/mol. The zero-order valence-corrected chi connectivity index (χ0v) is 9.24. The molecule has 0 fully saturated rings. The number of phenols is 1. The molecule has 1 rings (SSSR count). The molecule has 0 aliphatic heterocycles. The van der Waals surface area contributed by atoms with E-state index in [1.54, 1.807) is 26.4 Å². The monoisotopic (exact) mass is 208 g/mol. The Balaban J connectivity index is 3.18. The van der Waals surface area contributed by atoms with Gasteiger partial charge < -0.3 is 15.3 Å². The molecule has 0 unspecified atom stereocenters. The third-order valence-electron chi connectivity index (χ3n) is 2.16. The Labute approximate surface area is 89.6 Å². The molecule has 82 valence electrons. The maximum absolute atomic E-state index is 9.76. The second-order valence-corrected chi connectivity index (χ2v) is 3.05. The highest BCUT2D eigenvalue weighted by atomic mass is 16.5. The molecule has 0 radical (unpaired) electrons. The summed E-state index contributed by atoms with van der Waals surface area (Å²) >= 11 is 0. The van der Waals surface area contributed by atoms with Crippen molar-refractivity contribution in [3.05, 3.63) is 23.3 Å². The zero-order chi connectivity index (χ0) is 11.3. The molecule has 4 nitrogen and oxygen atoms in total. The number of benzene rings is 1. The van der Waals surface area contributed by atoms with E-state index >= 15 is 0 Å². The first-order chi connectivity index (χ1) is 7.22. The van der Waals surface area contributed by atoms with Gasteiger partial charge in [0, 0.05) is 18.7 Å². The van der Waals surface area contributed by atoms with Crippen LogP contribution < -0.4 is 10.2 Å². The number of rotatable bonds is 4. The van der Waals surface area contributed by atoms with Gasteiger partial charge in [0.05, 0.1) is 13.3 Å². The molecule has 0 aliphatic rings. The van der Waals surface area contributed by atoms with Crippen molar-refractivity contribution >= 4 is 6.21 Å². The zero-order valence-electron chi connectivity index (χ0n) is 9.24. The topological polar surface area (TPSA) is 53.9 Å². The van der Waals surface area contributed by atoms with E-state index in [1.165, 1.54) is 0 Å². The van der Waals surface area contributed by atoms with Gasteiger partial charge >= 0.3 is 0 Å². The van der Waals surface area contributed by atoms with Crippen molar-refractivity contribution in [3.63, 3.8) is 0 Å². The summed E-state index contributed by atoms with van der Waals surface area (Å²) in [7, 11) is 3.29. The highest BCUT2D eigenvalue weighted by Gasteiger charge is 2.07. The molecule has 0 saturated heterocycles. The van der Waals surface area contributed by atoms with Crippen LogP contribution >= 0.6 is 0 Å². The molecule has 0 amide bonds. The lowest BCUT2D eigenvalue weighted by molar-refractivity contribution is 0.406. The van der Waals surface area contributed by atoms with Gasteiger partial charge in [-0.1, -0.05) is 6.92 Å². The summed E-state index contributed by atoms with van der Waals surface area (Å²) in [6.45, 7) is 2.02. The third-order valence-corrected chi connectivity index (χ3v) is 2.16. The van der Waals surface area contributed by atoms with E-state index in [4.69, 9.17) is 4.74 Å². The van der Waals surface area contributed by atoms with Crippen LogP contribution in [0.1, 0.15) is 18.1 Å². The van der Waals surface area contributed by atoms with E-state index in [9.17, 15) is 5.11 Å². The van der Waals surface area contributed by atoms with E-state index < -0.39 is 0 Å². The molecule has 1 aromatic carbocycles. The standard InChI is InChI=1S/C11H16N2O2/c1-4-8-5-9(15-3)6-11(14)10(8)7-13-12-2/h5-7,12,14H,4H2,1-3H3/b13-7+. The molecule has 0 aromatic heterocycles. The minimum absolute atomic E-state index is 0.185. The van der Waals surface area contributed by atoms with Crippen LogP contribution in [0.2, 0.25) is 0 Å². The largest absolute Gasteiger partial charge is 0.507 e. The number of nitrogens with zero attached hydrogens (tertiary/aromatic N) is 1. The molecule has 0 atom stereocenters. The van der Waals surface area contributed by atoms with Gasteiger partial charge in [-0.25, -0.2) is 0 Å². The summed E-state index contributed by atoms with van der Waals surface area (Å²) in [5.41, 5.74) is 4.39. The summed E-state index contributed by atoms with van der Waals surface area (Å²) < 4.78 is 5.08. The molecular formula is C11H16N2O2. The van der Waals surface area contributed by atoms with Gasteiger partial charge in [0.25, 0.3) is 0 Å². The van der Waals surface area contributed by atoms with Gasteiger partial charge in [0.1, 0.15) is 11.5 Å². The quantitative estimate of drug-likeness (QED) is 0.582. The average molecular weight is 208 g/mol. The number of methoxy groups -OCH3 is 1. The van der Waals surface area contributed by atoms with Crippen molar-refractivity contribution in [2.45, 2.75) is 13.3 Å². The van der Waals surface area contributed by atoms with Crippen LogP contribution in [-0.2, 0) is 6.42 Å². The van der Waals surface area contributed by atoms with Crippen LogP contribution in [0.5, 0.6) is 11.5 Å². The van der Waals surface area contributed by atoms with Crippen molar-refractivity contribution in [2.24, 2.45) is 5.10 Å². The third kappa shape index (κ3) is 2.62. The molecule has 0 aliphatic carbocycles. The summed E-state index contributed by atoms with van der Waals surface area (Å²) in [5, 5.41) is 13.7. The maximum Gasteiger partial charge on any atom is 0.128 e. The summed E-state index contributed by atoms with van der Waals surface area (Å²) in [6.07, 6.45) is 2.42. The maximum atomic E-state index is 9.76. The Morgan fingerprint density at radius 3 is 2.80 bits per heavy atom. The fourth-order valence-corrected chi connectivity index (χ4v) is 1.36. The van der Waals surface area contributed by atoms with Crippen LogP contribution in [0.3, 0.4) is 0 Å². The van der Waals surface area contributed by atoms with Crippen molar-refractivity contribution in [1.29, 1.82) is 0 Å². The van der Waals surface area contributed by atoms with Gasteiger partial charge in [0.15, 0.2) is 0 Å². The van der Waals surface area contributed by atoms with Gasteiger partial charge in [-0.2, -0.15) is 5.10 Å². The minimum atomic E-state index is 0.185. The molecular weight excluding hydrogens is 192 g/mol. The SMILES string of the molecule is CCc1cc(OC)cc(O)c1/C=N/NC. The minimum Gasteiger partial charge on any atom is -0.507 e. The molecule has 0 heterocycles. The number of hydrogen-bond acceptors (Lipinski definition) is 4. The number of hydrogen-bond donors (Lipinski definition) is 2. The van der Waals surface area contributed by atoms with Gasteiger partial charge in [-0.15, -0.1) is 0 Å². The fourth-order valence-electron chi connectivity index (χ4n) is 1.36. The lowest BCUT2D eigenvalue weighted by atomic mass is 10.0. The number of aromatic hydroxyl groups is 1. The first-order valence-corrected chi connectivity index (χ1v) is 4.82. The molecule has 0 spiro atoms. The Morgan fingerprint density at radius 2 is 2.27 bits per heavy atom. The Morgan fingerprint density at radius 1 is 1.53 bits per heavy atom. The van der Waals surface area contributed by atoms with Gasteiger partial charge in [0.2, 0.25) is 0 Å². The van der Waals surface area contributed by atoms with Crippen molar-refractivity contribution in [2.75, 3.05) is 14.2 Å². The average Bonchev–Trinajstić information content (AvgIpc) is 2.26. The molecule has 0 bridgehead atoms. The Kier molecular flexibility index (Phi) is 3.97. The van der Waals surface area contributed by atoms with E-state index in [1.807, 2.05) is 13.0 Å². The predicted octanol–water partition coefficient (Wildman–Crippen LogP) is 1.52. The number of nitrogens with one attached hydrogen (secondary N) is 1. The van der Waals surface area contributed by atoms with Gasteiger partial charge in [-0.05, 0) is 18.1 Å². The Bertz CT molecular complexity index is 362. The van der Waals surface area contributed by atoms with E-state index in [0.717, 1.165) is 17.5 Å². The second-order valence-electron chi connectivity index (χ2n) is 3.05. The molecule has 15 heavy (non-hydrogen) atoms. The second kappa shape index (κ2) is 5.24. The molecule has 4 heteroatoms. The number of hydrazone groups is 1. The van der Waals surface area contributed by atoms with Crippen LogP contribution in [0.15, 0.2) is 17.2 Å². The van der Waals surface area contributed by atoms with E-state index in [2.05, 4.69) is 10.5 Å². The van der Waals surface area contributed by atoms with Crippen LogP contribution in [0.4, 0.5) is 0 Å². The fraction of sp³-hybridized carbons (Fsp3) is 0.364. The van der Waals surface area contributed by atoms with Crippen LogP contribution in [0.25, 0.3) is 0 Å². The highest BCUT2D eigenvalue weighted by Crippen LogP contribution is 2.26. The van der Waals surface area contributed by atoms with Crippen LogP contribution in [-0.4, -0.2) is 25.5 Å². The Hall–Kier alpha value is -1.71. The van der Waals surface area contributed by atoms with Crippen molar-refractivity contribution < 1.29 is 9.84 Å². The highest BCUT2D eigenvalue weighted by molar-refractivity contribution is 5.85.